The zero-order chi connectivity index (χ0) is 10.1. The highest BCUT2D eigenvalue weighted by atomic mass is 16.7. The van der Waals surface area contributed by atoms with Crippen molar-refractivity contribution in [2.45, 2.75) is 19.4 Å². The van der Waals surface area contributed by atoms with E-state index in [0.29, 0.717) is 17.9 Å². The highest BCUT2D eigenvalue weighted by Crippen LogP contribution is 2.42. The summed E-state index contributed by atoms with van der Waals surface area (Å²) >= 11 is 0. The minimum absolute atomic E-state index is 0.0151. The Bertz CT molecular complexity index is 349. The smallest absolute Gasteiger partial charge is 0.231 e. The van der Waals surface area contributed by atoms with Gasteiger partial charge in [-0.3, -0.25) is 0 Å². The normalized spacial score (nSPS) is 15.6. The minimum atomic E-state index is 0.0151. The van der Waals surface area contributed by atoms with Crippen LogP contribution < -0.4 is 15.2 Å². The molecule has 0 radical (unpaired) electrons. The van der Waals surface area contributed by atoms with Crippen molar-refractivity contribution in [3.63, 3.8) is 0 Å². The van der Waals surface area contributed by atoms with Crippen LogP contribution in [0.2, 0.25) is 0 Å². The van der Waals surface area contributed by atoms with Crippen molar-refractivity contribution in [3.8, 4) is 17.2 Å². The van der Waals surface area contributed by atoms with E-state index in [-0.39, 0.29) is 18.6 Å². The van der Waals surface area contributed by atoms with Gasteiger partial charge in [-0.25, -0.2) is 0 Å². The second-order valence-electron chi connectivity index (χ2n) is 3.49. The van der Waals surface area contributed by atoms with Crippen molar-refractivity contribution in [3.05, 3.63) is 17.7 Å². The molecular weight excluding hydrogens is 182 g/mol. The number of hydrogen-bond donors (Lipinski definition) is 2. The van der Waals surface area contributed by atoms with Gasteiger partial charge in [0.05, 0.1) is 0 Å². The Morgan fingerprint density at radius 3 is 3.00 bits per heavy atom. The van der Waals surface area contributed by atoms with Crippen molar-refractivity contribution in [2.75, 3.05) is 6.79 Å². The Labute approximate surface area is 82.2 Å². The van der Waals surface area contributed by atoms with Crippen LogP contribution in [0.25, 0.3) is 0 Å². The SMILES string of the molecule is C[C@@H](N)Cc1ccc2c(c1O)OCO2. The number of phenolic OH excluding ortho intramolecular Hbond substituents is 1. The third kappa shape index (κ3) is 1.48. The molecule has 1 aliphatic heterocycles. The Kier molecular flexibility index (Phi) is 2.21. The molecule has 1 atom stereocenters. The van der Waals surface area contributed by atoms with Gasteiger partial charge in [0, 0.05) is 6.04 Å². The lowest BCUT2D eigenvalue weighted by atomic mass is 10.1. The summed E-state index contributed by atoms with van der Waals surface area (Å²) in [4.78, 5) is 0. The molecule has 0 bridgehead atoms. The number of nitrogens with two attached hydrogens (primary N) is 1. The highest BCUT2D eigenvalue weighted by Gasteiger charge is 2.20. The molecule has 1 heterocycles. The summed E-state index contributed by atoms with van der Waals surface area (Å²) in [5, 5.41) is 9.80. The van der Waals surface area contributed by atoms with E-state index in [1.807, 2.05) is 13.0 Å². The van der Waals surface area contributed by atoms with Gasteiger partial charge in [0.2, 0.25) is 12.5 Å². The fourth-order valence-electron chi connectivity index (χ4n) is 1.51. The maximum atomic E-state index is 9.80. The van der Waals surface area contributed by atoms with Crippen LogP contribution in [0.1, 0.15) is 12.5 Å². The van der Waals surface area contributed by atoms with Gasteiger partial charge in [-0.1, -0.05) is 6.07 Å². The first-order valence-electron chi connectivity index (χ1n) is 4.54. The Morgan fingerprint density at radius 2 is 2.29 bits per heavy atom. The van der Waals surface area contributed by atoms with E-state index in [1.54, 1.807) is 6.07 Å². The first kappa shape index (κ1) is 9.15. The predicted molar refractivity (Wildman–Crippen MR) is 51.6 cm³/mol. The second kappa shape index (κ2) is 3.38. The molecule has 4 heteroatoms. The quantitative estimate of drug-likeness (QED) is 0.739. The van der Waals surface area contributed by atoms with Gasteiger partial charge >= 0.3 is 0 Å². The van der Waals surface area contributed by atoms with E-state index in [4.69, 9.17) is 15.2 Å². The summed E-state index contributed by atoms with van der Waals surface area (Å²) in [6.45, 7) is 2.06. The molecule has 1 aromatic carbocycles. The van der Waals surface area contributed by atoms with Crippen LogP contribution in [-0.2, 0) is 6.42 Å². The van der Waals surface area contributed by atoms with Crippen molar-refractivity contribution in [1.82, 2.24) is 0 Å². The van der Waals surface area contributed by atoms with Crippen molar-refractivity contribution in [1.29, 1.82) is 0 Å². The minimum Gasteiger partial charge on any atom is -0.504 e. The maximum absolute atomic E-state index is 9.80. The summed E-state index contributed by atoms with van der Waals surface area (Å²) in [5.41, 5.74) is 6.45. The summed E-state index contributed by atoms with van der Waals surface area (Å²) in [5.74, 6) is 1.18. The molecule has 1 aliphatic rings. The van der Waals surface area contributed by atoms with Crippen LogP contribution >= 0.6 is 0 Å². The second-order valence-corrected chi connectivity index (χ2v) is 3.49. The van der Waals surface area contributed by atoms with Crippen LogP contribution in [-0.4, -0.2) is 17.9 Å². The number of hydrogen-bond acceptors (Lipinski definition) is 4. The first-order chi connectivity index (χ1) is 6.68. The van der Waals surface area contributed by atoms with Crippen molar-refractivity contribution >= 4 is 0 Å². The Hall–Kier alpha value is -1.42. The standard InChI is InChI=1S/C10H13NO3/c1-6(11)4-7-2-3-8-10(9(7)12)14-5-13-8/h2-3,6,12H,4-5,11H2,1H3/t6-/m1/s1. The van der Waals surface area contributed by atoms with Crippen LogP contribution in [0.3, 0.4) is 0 Å². The number of ether oxygens (including phenoxy) is 2. The number of aromatic hydroxyl groups is 1. The van der Waals surface area contributed by atoms with Gasteiger partial charge in [0.15, 0.2) is 11.5 Å². The largest absolute Gasteiger partial charge is 0.504 e. The lowest BCUT2D eigenvalue weighted by Crippen LogP contribution is -2.17. The lowest BCUT2D eigenvalue weighted by molar-refractivity contribution is 0.171. The zero-order valence-electron chi connectivity index (χ0n) is 7.99. The molecule has 1 aromatic rings. The Balaban J connectivity index is 2.35. The number of phenols is 1. The first-order valence-corrected chi connectivity index (χ1v) is 4.54. The summed E-state index contributed by atoms with van der Waals surface area (Å²) < 4.78 is 10.3. The fourth-order valence-corrected chi connectivity index (χ4v) is 1.51. The third-order valence-corrected chi connectivity index (χ3v) is 2.14. The molecule has 3 N–H and O–H groups in total. The molecule has 0 amide bonds. The van der Waals surface area contributed by atoms with E-state index >= 15 is 0 Å². The third-order valence-electron chi connectivity index (χ3n) is 2.14. The van der Waals surface area contributed by atoms with Gasteiger partial charge in [0.25, 0.3) is 0 Å². The molecule has 0 unspecified atom stereocenters. The molecule has 0 spiro atoms. The molecule has 14 heavy (non-hydrogen) atoms. The predicted octanol–water partition coefficient (Wildman–Crippen LogP) is 1.01. The van der Waals surface area contributed by atoms with E-state index in [2.05, 4.69) is 0 Å². The van der Waals surface area contributed by atoms with Gasteiger partial charge < -0.3 is 20.3 Å². The zero-order valence-corrected chi connectivity index (χ0v) is 7.99. The van der Waals surface area contributed by atoms with E-state index in [9.17, 15) is 5.11 Å². The van der Waals surface area contributed by atoms with Gasteiger partial charge in [0.1, 0.15) is 0 Å². The molecule has 0 saturated carbocycles. The van der Waals surface area contributed by atoms with Crippen molar-refractivity contribution < 1.29 is 14.6 Å². The number of rotatable bonds is 2. The van der Waals surface area contributed by atoms with Crippen LogP contribution in [0.4, 0.5) is 0 Å². The summed E-state index contributed by atoms with van der Waals surface area (Å²) in [6, 6.07) is 3.62. The topological polar surface area (TPSA) is 64.7 Å². The highest BCUT2D eigenvalue weighted by molar-refractivity contribution is 5.56. The van der Waals surface area contributed by atoms with Crippen LogP contribution in [0, 0.1) is 0 Å². The molecule has 0 fully saturated rings. The van der Waals surface area contributed by atoms with Gasteiger partial charge in [-0.2, -0.15) is 0 Å². The molecule has 0 aliphatic carbocycles. The molecule has 2 rings (SSSR count). The molecular formula is C10H13NO3. The fraction of sp³-hybridized carbons (Fsp3) is 0.400. The van der Waals surface area contributed by atoms with Gasteiger partial charge in [-0.05, 0) is 25.0 Å². The average Bonchev–Trinajstić information content (AvgIpc) is 2.57. The van der Waals surface area contributed by atoms with Crippen LogP contribution in [0.5, 0.6) is 17.2 Å². The summed E-state index contributed by atoms with van der Waals surface area (Å²) in [7, 11) is 0. The number of fused-ring (bicyclic) bond motifs is 1. The van der Waals surface area contributed by atoms with Crippen LogP contribution in [0.15, 0.2) is 12.1 Å². The van der Waals surface area contributed by atoms with E-state index in [1.165, 1.54) is 0 Å². The molecule has 0 saturated heterocycles. The Morgan fingerprint density at radius 1 is 1.50 bits per heavy atom. The number of benzene rings is 1. The van der Waals surface area contributed by atoms with Crippen molar-refractivity contribution in [2.24, 2.45) is 5.73 Å². The molecule has 76 valence electrons. The molecule has 0 aromatic heterocycles. The van der Waals surface area contributed by atoms with E-state index < -0.39 is 0 Å². The summed E-state index contributed by atoms with van der Waals surface area (Å²) in [6.07, 6.45) is 0.627. The lowest BCUT2D eigenvalue weighted by Gasteiger charge is -2.08. The monoisotopic (exact) mass is 195 g/mol. The average molecular weight is 195 g/mol. The van der Waals surface area contributed by atoms with E-state index in [0.717, 1.165) is 5.56 Å². The van der Waals surface area contributed by atoms with Gasteiger partial charge in [-0.15, -0.1) is 0 Å². The molecule has 4 nitrogen and oxygen atoms in total. The maximum Gasteiger partial charge on any atom is 0.231 e.